The molecule has 0 bridgehead atoms. The first kappa shape index (κ1) is 19.5. The van der Waals surface area contributed by atoms with E-state index in [1.807, 2.05) is 13.0 Å². The van der Waals surface area contributed by atoms with Gasteiger partial charge >= 0.3 is 0 Å². The fraction of sp³-hybridized carbons (Fsp3) is 0.522. The van der Waals surface area contributed by atoms with Gasteiger partial charge in [-0.1, -0.05) is 60.9 Å². The molecule has 0 aromatic rings. The summed E-state index contributed by atoms with van der Waals surface area (Å²) in [6.07, 6.45) is 25.3. The lowest BCUT2D eigenvalue weighted by Crippen LogP contribution is -2.14. The molecule has 0 heterocycles. The fourth-order valence-corrected chi connectivity index (χ4v) is 3.23. The average molecular weight is 311 g/mol. The van der Waals surface area contributed by atoms with Crippen LogP contribution in [-0.2, 0) is 0 Å². The van der Waals surface area contributed by atoms with Crippen molar-refractivity contribution in [3.63, 3.8) is 0 Å². The SMILES string of the molecule is CC=C=CCCCCC(C(C)=CCC)C1C=CC(C)=CC=CC1. The zero-order chi connectivity index (χ0) is 16.9. The maximum absolute atomic E-state index is 3.17. The normalized spacial score (nSPS) is 19.4. The van der Waals surface area contributed by atoms with Crippen LogP contribution in [0.3, 0.4) is 0 Å². The van der Waals surface area contributed by atoms with Crippen molar-refractivity contribution in [2.24, 2.45) is 11.8 Å². The second kappa shape index (κ2) is 12.0. The molecule has 0 nitrogen and oxygen atoms in total. The highest BCUT2D eigenvalue weighted by molar-refractivity contribution is 5.25. The smallest absolute Gasteiger partial charge is 0.0130 e. The predicted octanol–water partition coefficient (Wildman–Crippen LogP) is 7.33. The largest absolute Gasteiger partial charge is 0.130 e. The van der Waals surface area contributed by atoms with Crippen molar-refractivity contribution in [2.75, 3.05) is 0 Å². The molecule has 0 radical (unpaired) electrons. The van der Waals surface area contributed by atoms with E-state index in [4.69, 9.17) is 0 Å². The van der Waals surface area contributed by atoms with E-state index in [-0.39, 0.29) is 0 Å². The summed E-state index contributed by atoms with van der Waals surface area (Å²) in [6.45, 7) is 8.77. The van der Waals surface area contributed by atoms with Gasteiger partial charge in [-0.05, 0) is 76.9 Å². The lowest BCUT2D eigenvalue weighted by Gasteiger charge is -2.26. The standard InChI is InChI=1S/C23H34/c1-5-7-8-9-10-11-17-23(21(4)14-6-2)22-16-13-12-15-20(3)18-19-22/h5,8,12-15,18-19,22-23H,6,9-11,16-17H2,1-4H3. The Balaban J connectivity index is 2.72. The molecule has 126 valence electrons. The number of allylic oxidation sites excluding steroid dienone is 9. The Morgan fingerprint density at radius 2 is 2.22 bits per heavy atom. The van der Waals surface area contributed by atoms with Crippen LogP contribution in [0.25, 0.3) is 0 Å². The summed E-state index contributed by atoms with van der Waals surface area (Å²) in [5.41, 5.74) is 6.09. The molecule has 1 aliphatic carbocycles. The highest BCUT2D eigenvalue weighted by atomic mass is 14.2. The van der Waals surface area contributed by atoms with Gasteiger partial charge in [-0.15, -0.1) is 5.73 Å². The molecule has 0 saturated carbocycles. The summed E-state index contributed by atoms with van der Waals surface area (Å²) in [7, 11) is 0. The van der Waals surface area contributed by atoms with Gasteiger partial charge in [0.15, 0.2) is 0 Å². The van der Waals surface area contributed by atoms with Crippen LogP contribution in [0, 0.1) is 11.8 Å². The first-order valence-corrected chi connectivity index (χ1v) is 9.22. The third kappa shape index (κ3) is 8.05. The summed E-state index contributed by atoms with van der Waals surface area (Å²) < 4.78 is 0. The third-order valence-electron chi connectivity index (χ3n) is 4.54. The number of rotatable bonds is 8. The molecule has 0 N–H and O–H groups in total. The Morgan fingerprint density at radius 1 is 1.39 bits per heavy atom. The van der Waals surface area contributed by atoms with E-state index >= 15 is 0 Å². The van der Waals surface area contributed by atoms with Crippen LogP contribution < -0.4 is 0 Å². The van der Waals surface area contributed by atoms with Crippen LogP contribution >= 0.6 is 0 Å². The Bertz CT molecular complexity index is 504. The maximum atomic E-state index is 3.17. The van der Waals surface area contributed by atoms with E-state index in [9.17, 15) is 0 Å². The zero-order valence-electron chi connectivity index (χ0n) is 15.5. The summed E-state index contributed by atoms with van der Waals surface area (Å²) in [5.74, 6) is 1.30. The van der Waals surface area contributed by atoms with Crippen molar-refractivity contribution in [1.82, 2.24) is 0 Å². The topological polar surface area (TPSA) is 0 Å². The lowest BCUT2D eigenvalue weighted by molar-refractivity contribution is 0.409. The Morgan fingerprint density at radius 3 is 2.96 bits per heavy atom. The maximum Gasteiger partial charge on any atom is -0.0130 e. The molecule has 0 fully saturated rings. The highest BCUT2D eigenvalue weighted by Crippen LogP contribution is 2.31. The summed E-state index contributed by atoms with van der Waals surface area (Å²) in [4.78, 5) is 0. The molecular weight excluding hydrogens is 276 g/mol. The van der Waals surface area contributed by atoms with E-state index < -0.39 is 0 Å². The van der Waals surface area contributed by atoms with Crippen molar-refractivity contribution in [2.45, 2.75) is 66.2 Å². The minimum Gasteiger partial charge on any atom is -0.130 e. The van der Waals surface area contributed by atoms with Gasteiger partial charge in [0.05, 0.1) is 0 Å². The fourth-order valence-electron chi connectivity index (χ4n) is 3.23. The number of unbranched alkanes of at least 4 members (excludes halogenated alkanes) is 2. The zero-order valence-corrected chi connectivity index (χ0v) is 15.5. The van der Waals surface area contributed by atoms with Crippen LogP contribution in [0.2, 0.25) is 0 Å². The second-order valence-corrected chi connectivity index (χ2v) is 6.50. The molecule has 1 rings (SSSR count). The van der Waals surface area contributed by atoms with Gasteiger partial charge < -0.3 is 0 Å². The van der Waals surface area contributed by atoms with E-state index in [0.29, 0.717) is 11.8 Å². The average Bonchev–Trinajstić information content (AvgIpc) is 2.52. The predicted molar refractivity (Wildman–Crippen MR) is 104 cm³/mol. The Labute approximate surface area is 144 Å². The summed E-state index contributed by atoms with van der Waals surface area (Å²) in [6, 6.07) is 0. The first-order chi connectivity index (χ1) is 11.2. The van der Waals surface area contributed by atoms with E-state index in [0.717, 1.165) is 19.3 Å². The molecule has 0 saturated heterocycles. The molecule has 2 atom stereocenters. The van der Waals surface area contributed by atoms with E-state index in [1.54, 1.807) is 5.57 Å². The molecular formula is C23H34. The first-order valence-electron chi connectivity index (χ1n) is 9.22. The summed E-state index contributed by atoms with van der Waals surface area (Å²) >= 11 is 0. The molecule has 0 aromatic carbocycles. The van der Waals surface area contributed by atoms with Gasteiger partial charge in [0, 0.05) is 0 Å². The van der Waals surface area contributed by atoms with Gasteiger partial charge in [0.2, 0.25) is 0 Å². The second-order valence-electron chi connectivity index (χ2n) is 6.50. The van der Waals surface area contributed by atoms with Crippen molar-refractivity contribution in [3.8, 4) is 0 Å². The Kier molecular flexibility index (Phi) is 10.2. The van der Waals surface area contributed by atoms with Gasteiger partial charge in [-0.3, -0.25) is 0 Å². The quantitative estimate of drug-likeness (QED) is 0.250. The molecule has 0 spiro atoms. The number of hydrogen-bond acceptors (Lipinski definition) is 0. The Hall–Kier alpha value is -1.52. The van der Waals surface area contributed by atoms with E-state index in [1.165, 1.54) is 24.8 Å². The van der Waals surface area contributed by atoms with E-state index in [2.05, 4.69) is 69.0 Å². The van der Waals surface area contributed by atoms with Crippen LogP contribution in [0.15, 0.2) is 65.5 Å². The molecule has 0 aromatic heterocycles. The van der Waals surface area contributed by atoms with Crippen LogP contribution in [-0.4, -0.2) is 0 Å². The highest BCUT2D eigenvalue weighted by Gasteiger charge is 2.19. The van der Waals surface area contributed by atoms with Crippen LogP contribution in [0.4, 0.5) is 0 Å². The summed E-state index contributed by atoms with van der Waals surface area (Å²) in [5, 5.41) is 0. The molecule has 23 heavy (non-hydrogen) atoms. The van der Waals surface area contributed by atoms with Gasteiger partial charge in [0.25, 0.3) is 0 Å². The monoisotopic (exact) mass is 310 g/mol. The third-order valence-corrected chi connectivity index (χ3v) is 4.54. The minimum atomic E-state index is 0.628. The van der Waals surface area contributed by atoms with Gasteiger partial charge in [-0.25, -0.2) is 0 Å². The number of hydrogen-bond donors (Lipinski definition) is 0. The molecule has 2 unspecified atom stereocenters. The van der Waals surface area contributed by atoms with Crippen molar-refractivity contribution in [1.29, 1.82) is 0 Å². The van der Waals surface area contributed by atoms with Crippen LogP contribution in [0.5, 0.6) is 0 Å². The van der Waals surface area contributed by atoms with Crippen LogP contribution in [0.1, 0.15) is 66.2 Å². The molecule has 0 amide bonds. The minimum absolute atomic E-state index is 0.628. The van der Waals surface area contributed by atoms with Crippen molar-refractivity contribution < 1.29 is 0 Å². The van der Waals surface area contributed by atoms with Gasteiger partial charge in [-0.2, -0.15) is 0 Å². The molecule has 1 aliphatic rings. The molecule has 0 aliphatic heterocycles. The molecule has 0 heteroatoms. The van der Waals surface area contributed by atoms with Crippen molar-refractivity contribution in [3.05, 3.63) is 65.5 Å². The van der Waals surface area contributed by atoms with Gasteiger partial charge in [0.1, 0.15) is 0 Å². The lowest BCUT2D eigenvalue weighted by atomic mass is 9.79. The van der Waals surface area contributed by atoms with Crippen molar-refractivity contribution >= 4 is 0 Å².